The van der Waals surface area contributed by atoms with Crippen molar-refractivity contribution in [2.45, 2.75) is 0 Å². The Bertz CT molecular complexity index is 1180. The normalized spacial score (nSPS) is 12.9. The standard InChI is InChI=1S/C27H27N3O5S/c31-25(21-5-4-8-24(19-21)35-18-17-34-23-6-2-1-3-7-23)29-27(36)28-22-11-9-20(10-12-22)26(32)30-13-15-33-16-14-30/h1-12,19H,13-18H2,(H2,28,29,31,36). The predicted octanol–water partition coefficient (Wildman–Crippen LogP) is 3.74. The highest BCUT2D eigenvalue weighted by Crippen LogP contribution is 2.15. The maximum absolute atomic E-state index is 12.7. The summed E-state index contributed by atoms with van der Waals surface area (Å²) in [5.74, 6) is 0.930. The molecule has 1 aliphatic rings. The molecule has 2 amide bonds. The Morgan fingerprint density at radius 1 is 0.833 bits per heavy atom. The Morgan fingerprint density at radius 2 is 1.50 bits per heavy atom. The van der Waals surface area contributed by atoms with Crippen LogP contribution in [0.15, 0.2) is 78.9 Å². The SMILES string of the molecule is O=C(NC(=S)Nc1ccc(C(=O)N2CCOCC2)cc1)c1cccc(OCCOc2ccccc2)c1. The van der Waals surface area contributed by atoms with Gasteiger partial charge in [-0.05, 0) is 66.8 Å². The van der Waals surface area contributed by atoms with Crippen LogP contribution in [0.25, 0.3) is 0 Å². The molecule has 1 saturated heterocycles. The maximum atomic E-state index is 12.7. The Labute approximate surface area is 215 Å². The summed E-state index contributed by atoms with van der Waals surface area (Å²) >= 11 is 5.28. The number of carbonyl (C=O) groups is 2. The Balaban J connectivity index is 1.24. The van der Waals surface area contributed by atoms with Crippen LogP contribution in [0.3, 0.4) is 0 Å². The lowest BCUT2D eigenvalue weighted by molar-refractivity contribution is 0.0303. The first kappa shape index (κ1) is 25.2. The molecule has 0 unspecified atom stereocenters. The third kappa shape index (κ3) is 7.27. The van der Waals surface area contributed by atoms with Gasteiger partial charge in [0.2, 0.25) is 0 Å². The van der Waals surface area contributed by atoms with E-state index in [0.29, 0.717) is 62.1 Å². The Morgan fingerprint density at radius 3 is 2.22 bits per heavy atom. The molecule has 0 bridgehead atoms. The van der Waals surface area contributed by atoms with Crippen molar-refractivity contribution >= 4 is 34.8 Å². The molecule has 0 saturated carbocycles. The molecule has 0 radical (unpaired) electrons. The van der Waals surface area contributed by atoms with Crippen LogP contribution >= 0.6 is 12.2 Å². The number of hydrogen-bond acceptors (Lipinski definition) is 6. The van der Waals surface area contributed by atoms with Gasteiger partial charge in [0, 0.05) is 29.9 Å². The monoisotopic (exact) mass is 505 g/mol. The second-order valence-corrected chi connectivity index (χ2v) is 8.34. The van der Waals surface area contributed by atoms with Gasteiger partial charge in [-0.15, -0.1) is 0 Å². The van der Waals surface area contributed by atoms with Crippen LogP contribution in [0.4, 0.5) is 5.69 Å². The fourth-order valence-electron chi connectivity index (χ4n) is 3.55. The third-order valence-electron chi connectivity index (χ3n) is 5.38. The number of carbonyl (C=O) groups excluding carboxylic acids is 2. The van der Waals surface area contributed by atoms with E-state index in [1.165, 1.54) is 0 Å². The number of amides is 2. The molecule has 9 heteroatoms. The summed E-state index contributed by atoms with van der Waals surface area (Å²) in [7, 11) is 0. The van der Waals surface area contributed by atoms with Crippen LogP contribution in [0.2, 0.25) is 0 Å². The molecule has 3 aromatic rings. The topological polar surface area (TPSA) is 89.1 Å². The van der Waals surface area contributed by atoms with Gasteiger partial charge >= 0.3 is 0 Å². The van der Waals surface area contributed by atoms with E-state index >= 15 is 0 Å². The minimum Gasteiger partial charge on any atom is -0.490 e. The predicted molar refractivity (Wildman–Crippen MR) is 141 cm³/mol. The van der Waals surface area contributed by atoms with Crippen molar-refractivity contribution < 1.29 is 23.8 Å². The summed E-state index contributed by atoms with van der Waals surface area (Å²) in [5.41, 5.74) is 1.66. The lowest BCUT2D eigenvalue weighted by Crippen LogP contribution is -2.40. The molecule has 1 fully saturated rings. The number of benzene rings is 3. The summed E-state index contributed by atoms with van der Waals surface area (Å²) in [6.07, 6.45) is 0. The fraction of sp³-hybridized carbons (Fsp3) is 0.222. The molecular formula is C27H27N3O5S. The van der Waals surface area contributed by atoms with Crippen LogP contribution in [0.1, 0.15) is 20.7 Å². The van der Waals surface area contributed by atoms with Crippen molar-refractivity contribution in [3.63, 3.8) is 0 Å². The molecular weight excluding hydrogens is 478 g/mol. The average molecular weight is 506 g/mol. The number of anilines is 1. The van der Waals surface area contributed by atoms with Crippen molar-refractivity contribution in [2.24, 2.45) is 0 Å². The lowest BCUT2D eigenvalue weighted by Gasteiger charge is -2.26. The van der Waals surface area contributed by atoms with E-state index in [9.17, 15) is 9.59 Å². The van der Waals surface area contributed by atoms with Crippen LogP contribution in [-0.2, 0) is 4.74 Å². The number of nitrogens with zero attached hydrogens (tertiary/aromatic N) is 1. The van der Waals surface area contributed by atoms with Crippen molar-refractivity contribution in [3.8, 4) is 11.5 Å². The van der Waals surface area contributed by atoms with E-state index in [-0.39, 0.29) is 16.9 Å². The van der Waals surface area contributed by atoms with Gasteiger partial charge in [-0.1, -0.05) is 24.3 Å². The van der Waals surface area contributed by atoms with Gasteiger partial charge in [0.1, 0.15) is 24.7 Å². The van der Waals surface area contributed by atoms with Gasteiger partial charge in [-0.2, -0.15) is 0 Å². The zero-order valence-electron chi connectivity index (χ0n) is 19.6. The molecule has 2 N–H and O–H groups in total. The summed E-state index contributed by atoms with van der Waals surface area (Å²) in [4.78, 5) is 27.0. The number of thiocarbonyl (C=S) groups is 1. The number of ether oxygens (including phenoxy) is 3. The molecule has 36 heavy (non-hydrogen) atoms. The molecule has 1 heterocycles. The average Bonchev–Trinajstić information content (AvgIpc) is 2.92. The first-order valence-electron chi connectivity index (χ1n) is 11.6. The van der Waals surface area contributed by atoms with E-state index in [4.69, 9.17) is 26.4 Å². The minimum atomic E-state index is -0.363. The molecule has 186 valence electrons. The van der Waals surface area contributed by atoms with Gasteiger partial charge in [-0.25, -0.2) is 0 Å². The van der Waals surface area contributed by atoms with Crippen molar-refractivity contribution in [2.75, 3.05) is 44.8 Å². The highest BCUT2D eigenvalue weighted by atomic mass is 32.1. The number of nitrogens with one attached hydrogen (secondary N) is 2. The lowest BCUT2D eigenvalue weighted by atomic mass is 10.1. The first-order chi connectivity index (χ1) is 17.6. The Kier molecular flexibility index (Phi) is 8.85. The van der Waals surface area contributed by atoms with Gasteiger partial charge in [-0.3, -0.25) is 14.9 Å². The largest absolute Gasteiger partial charge is 0.490 e. The number of hydrogen-bond donors (Lipinski definition) is 2. The third-order valence-corrected chi connectivity index (χ3v) is 5.58. The van der Waals surface area contributed by atoms with Crippen molar-refractivity contribution in [1.29, 1.82) is 0 Å². The zero-order valence-corrected chi connectivity index (χ0v) is 20.5. The molecule has 8 nitrogen and oxygen atoms in total. The van der Waals surface area contributed by atoms with Gasteiger partial charge in [0.05, 0.1) is 13.2 Å². The summed E-state index contributed by atoms with van der Waals surface area (Å²) in [6, 6.07) is 23.3. The van der Waals surface area contributed by atoms with Crippen LogP contribution in [0, 0.1) is 0 Å². The number of morpholine rings is 1. The minimum absolute atomic E-state index is 0.0329. The second-order valence-electron chi connectivity index (χ2n) is 7.93. The van der Waals surface area contributed by atoms with Crippen molar-refractivity contribution in [1.82, 2.24) is 10.2 Å². The van der Waals surface area contributed by atoms with Gasteiger partial charge in [0.15, 0.2) is 5.11 Å². The molecule has 0 atom stereocenters. The van der Waals surface area contributed by atoms with E-state index in [1.807, 2.05) is 30.3 Å². The first-order valence-corrected chi connectivity index (χ1v) is 12.0. The molecule has 0 aromatic heterocycles. The quantitative estimate of drug-likeness (QED) is 0.356. The van der Waals surface area contributed by atoms with Gasteiger partial charge in [0.25, 0.3) is 11.8 Å². The summed E-state index contributed by atoms with van der Waals surface area (Å²) < 4.78 is 16.6. The van der Waals surface area contributed by atoms with E-state index in [0.717, 1.165) is 5.75 Å². The molecule has 1 aliphatic heterocycles. The maximum Gasteiger partial charge on any atom is 0.257 e. The van der Waals surface area contributed by atoms with Gasteiger partial charge < -0.3 is 24.4 Å². The summed E-state index contributed by atoms with van der Waals surface area (Å²) in [5, 5.41) is 5.78. The van der Waals surface area contributed by atoms with E-state index in [1.54, 1.807) is 53.4 Å². The van der Waals surface area contributed by atoms with Crippen LogP contribution < -0.4 is 20.1 Å². The summed E-state index contributed by atoms with van der Waals surface area (Å²) in [6.45, 7) is 2.99. The fourth-order valence-corrected chi connectivity index (χ4v) is 3.76. The zero-order chi connectivity index (χ0) is 25.2. The van der Waals surface area contributed by atoms with E-state index < -0.39 is 0 Å². The smallest absolute Gasteiger partial charge is 0.257 e. The molecule has 0 spiro atoms. The van der Waals surface area contributed by atoms with Crippen molar-refractivity contribution in [3.05, 3.63) is 90.0 Å². The Hall–Kier alpha value is -3.95. The molecule has 0 aliphatic carbocycles. The van der Waals surface area contributed by atoms with Crippen LogP contribution in [-0.4, -0.2) is 61.3 Å². The number of para-hydroxylation sites is 1. The molecule has 3 aromatic carbocycles. The molecule has 4 rings (SSSR count). The van der Waals surface area contributed by atoms with E-state index in [2.05, 4.69) is 10.6 Å². The van der Waals surface area contributed by atoms with Crippen LogP contribution in [0.5, 0.6) is 11.5 Å². The number of rotatable bonds is 8. The highest BCUT2D eigenvalue weighted by molar-refractivity contribution is 7.80. The highest BCUT2D eigenvalue weighted by Gasteiger charge is 2.18. The second kappa shape index (κ2) is 12.7.